The van der Waals surface area contributed by atoms with E-state index in [2.05, 4.69) is 71.5 Å². The summed E-state index contributed by atoms with van der Waals surface area (Å²) in [5.41, 5.74) is 7.46. The van der Waals surface area contributed by atoms with Crippen LogP contribution in [0.2, 0.25) is 0 Å². The minimum absolute atomic E-state index is 0.170. The van der Waals surface area contributed by atoms with Gasteiger partial charge in [0, 0.05) is 33.9 Å². The number of rotatable bonds is 9. The van der Waals surface area contributed by atoms with Crippen LogP contribution in [-0.4, -0.2) is 42.8 Å². The summed E-state index contributed by atoms with van der Waals surface area (Å²) in [7, 11) is 2.34. The van der Waals surface area contributed by atoms with Crippen molar-refractivity contribution < 1.29 is 9.28 Å². The molecular formula is C28H32BrN2OS+. The molecule has 4 rings (SSSR count). The van der Waals surface area contributed by atoms with E-state index in [1.54, 1.807) is 0 Å². The number of nitrogens with zero attached hydrogens (tertiary/aromatic N) is 1. The maximum Gasteiger partial charge on any atom is 0.233 e. The zero-order valence-corrected chi connectivity index (χ0v) is 21.5. The molecule has 1 aliphatic rings. The normalized spacial score (nSPS) is 20.6. The molecule has 1 amide bonds. The van der Waals surface area contributed by atoms with Gasteiger partial charge in [-0.2, -0.15) is 0 Å². The van der Waals surface area contributed by atoms with Crippen molar-refractivity contribution in [3.05, 3.63) is 101 Å². The van der Waals surface area contributed by atoms with E-state index < -0.39 is 5.41 Å². The van der Waals surface area contributed by atoms with Crippen LogP contribution >= 0.6 is 27.7 Å². The molecule has 0 saturated carbocycles. The van der Waals surface area contributed by atoms with E-state index in [4.69, 9.17) is 5.73 Å². The average molecular weight is 525 g/mol. The van der Waals surface area contributed by atoms with E-state index in [1.807, 2.05) is 48.2 Å². The lowest BCUT2D eigenvalue weighted by Crippen LogP contribution is -2.51. The molecule has 2 atom stereocenters. The summed E-state index contributed by atoms with van der Waals surface area (Å²) in [4.78, 5) is 14.6. The maximum atomic E-state index is 13.3. The SMILES string of the molecule is C[N@@+]1(CCCSc2ccc(Br)cc2)CCC(C(C(N)=O)(c2ccccc2)c2ccccc2)C1. The predicted octanol–water partition coefficient (Wildman–Crippen LogP) is 5.87. The number of amides is 1. The number of hydrogen-bond acceptors (Lipinski definition) is 2. The number of halogens is 1. The second-order valence-electron chi connectivity index (χ2n) is 9.30. The van der Waals surface area contributed by atoms with Crippen LogP contribution in [0.4, 0.5) is 0 Å². The van der Waals surface area contributed by atoms with Gasteiger partial charge >= 0.3 is 0 Å². The molecule has 1 fully saturated rings. The fourth-order valence-electron chi connectivity index (χ4n) is 5.43. The third-order valence-electron chi connectivity index (χ3n) is 7.06. The van der Waals surface area contributed by atoms with Gasteiger partial charge in [-0.05, 0) is 35.4 Å². The summed E-state index contributed by atoms with van der Waals surface area (Å²) in [6, 6.07) is 28.8. The molecule has 0 bridgehead atoms. The highest BCUT2D eigenvalue weighted by Gasteiger charge is 2.53. The van der Waals surface area contributed by atoms with Crippen LogP contribution in [0.5, 0.6) is 0 Å². The van der Waals surface area contributed by atoms with E-state index >= 15 is 0 Å². The lowest BCUT2D eigenvalue weighted by Gasteiger charge is -2.38. The average Bonchev–Trinajstić information content (AvgIpc) is 3.22. The van der Waals surface area contributed by atoms with Crippen LogP contribution in [-0.2, 0) is 10.2 Å². The first kappa shape index (κ1) is 24.1. The number of thioether (sulfide) groups is 1. The minimum Gasteiger partial charge on any atom is -0.369 e. The Morgan fingerprint density at radius 3 is 2.12 bits per heavy atom. The molecule has 2 N–H and O–H groups in total. The number of hydrogen-bond donors (Lipinski definition) is 1. The summed E-state index contributed by atoms with van der Waals surface area (Å²) in [6.07, 6.45) is 2.13. The number of quaternary nitrogens is 1. The Labute approximate surface area is 210 Å². The molecule has 1 saturated heterocycles. The molecule has 5 heteroatoms. The van der Waals surface area contributed by atoms with Gasteiger partial charge in [0.1, 0.15) is 5.41 Å². The predicted molar refractivity (Wildman–Crippen MR) is 141 cm³/mol. The smallest absolute Gasteiger partial charge is 0.233 e. The van der Waals surface area contributed by atoms with Gasteiger partial charge in [0.05, 0.1) is 26.7 Å². The number of nitrogens with two attached hydrogens (primary N) is 1. The highest BCUT2D eigenvalue weighted by atomic mass is 79.9. The summed E-state index contributed by atoms with van der Waals surface area (Å²) < 4.78 is 2.10. The van der Waals surface area contributed by atoms with Gasteiger partial charge in [0.25, 0.3) is 0 Å². The van der Waals surface area contributed by atoms with Crippen LogP contribution in [0, 0.1) is 5.92 Å². The summed E-state index contributed by atoms with van der Waals surface area (Å²) >= 11 is 5.41. The largest absolute Gasteiger partial charge is 0.369 e. The van der Waals surface area contributed by atoms with Gasteiger partial charge in [-0.25, -0.2) is 0 Å². The van der Waals surface area contributed by atoms with Gasteiger partial charge in [-0.15, -0.1) is 11.8 Å². The lowest BCUT2D eigenvalue weighted by molar-refractivity contribution is -0.899. The Morgan fingerprint density at radius 1 is 1.00 bits per heavy atom. The number of benzene rings is 3. The second-order valence-corrected chi connectivity index (χ2v) is 11.4. The Kier molecular flexibility index (Phi) is 7.62. The molecule has 1 unspecified atom stereocenters. The fraction of sp³-hybridized carbons (Fsp3) is 0.321. The van der Waals surface area contributed by atoms with Crippen molar-refractivity contribution in [3.8, 4) is 0 Å². The summed E-state index contributed by atoms with van der Waals surface area (Å²) in [6.45, 7) is 3.14. The number of primary amides is 1. The van der Waals surface area contributed by atoms with Crippen LogP contribution in [0.25, 0.3) is 0 Å². The Morgan fingerprint density at radius 2 is 1.58 bits per heavy atom. The highest BCUT2D eigenvalue weighted by Crippen LogP contribution is 2.45. The molecule has 0 aromatic heterocycles. The standard InChI is InChI=1S/C28H31BrN2OS/c1-31(18-8-20-33-26-15-13-25(29)14-16-26)19-17-24(21-31)28(27(30)32,22-9-4-2-5-10-22)23-11-6-3-7-12-23/h2-7,9-16,24H,8,17-21H2,1H3,(H-,30,32)/p+1/t24?,31-/m1/s1. The first-order chi connectivity index (χ1) is 15.9. The van der Waals surface area contributed by atoms with Crippen LogP contribution in [0.15, 0.2) is 94.3 Å². The minimum atomic E-state index is -0.801. The van der Waals surface area contributed by atoms with Gasteiger partial charge in [-0.1, -0.05) is 76.6 Å². The number of carbonyl (C=O) groups is 1. The van der Waals surface area contributed by atoms with Gasteiger partial charge in [-0.3, -0.25) is 4.79 Å². The first-order valence-corrected chi connectivity index (χ1v) is 13.3. The lowest BCUT2D eigenvalue weighted by atomic mass is 9.64. The van der Waals surface area contributed by atoms with Gasteiger partial charge < -0.3 is 10.2 Å². The molecule has 33 heavy (non-hydrogen) atoms. The fourth-order valence-corrected chi connectivity index (χ4v) is 6.53. The van der Waals surface area contributed by atoms with E-state index in [1.165, 1.54) is 4.90 Å². The molecular weight excluding hydrogens is 492 g/mol. The van der Waals surface area contributed by atoms with E-state index in [-0.39, 0.29) is 11.8 Å². The molecule has 0 aliphatic carbocycles. The first-order valence-electron chi connectivity index (χ1n) is 11.6. The highest BCUT2D eigenvalue weighted by molar-refractivity contribution is 9.10. The quantitative estimate of drug-likeness (QED) is 0.216. The van der Waals surface area contributed by atoms with Crippen molar-refractivity contribution in [2.24, 2.45) is 11.7 Å². The summed E-state index contributed by atoms with van der Waals surface area (Å²) in [5.74, 6) is 1.02. The Hall–Kier alpha value is -2.08. The Bertz CT molecular complexity index is 1020. The number of likely N-dealkylation sites (tertiary alicyclic amines) is 1. The molecule has 1 aliphatic heterocycles. The molecule has 172 valence electrons. The van der Waals surface area contributed by atoms with Crippen molar-refractivity contribution >= 4 is 33.6 Å². The van der Waals surface area contributed by atoms with Crippen LogP contribution in [0.1, 0.15) is 24.0 Å². The third kappa shape index (κ3) is 5.21. The second kappa shape index (κ2) is 10.5. The van der Waals surface area contributed by atoms with E-state index in [9.17, 15) is 4.79 Å². The van der Waals surface area contributed by atoms with Crippen molar-refractivity contribution in [1.29, 1.82) is 0 Å². The molecule has 3 aromatic carbocycles. The van der Waals surface area contributed by atoms with E-state index in [0.29, 0.717) is 0 Å². The van der Waals surface area contributed by atoms with Crippen LogP contribution in [0.3, 0.4) is 0 Å². The molecule has 0 radical (unpaired) electrons. The molecule has 0 spiro atoms. The monoisotopic (exact) mass is 523 g/mol. The maximum absolute atomic E-state index is 13.3. The Balaban J connectivity index is 1.51. The van der Waals surface area contributed by atoms with Crippen molar-refractivity contribution in [3.63, 3.8) is 0 Å². The molecule has 3 nitrogen and oxygen atoms in total. The molecule has 1 heterocycles. The van der Waals surface area contributed by atoms with Gasteiger partial charge in [0.15, 0.2) is 0 Å². The van der Waals surface area contributed by atoms with E-state index in [0.717, 1.165) is 58.3 Å². The van der Waals surface area contributed by atoms with Gasteiger partial charge in [0.2, 0.25) is 5.91 Å². The topological polar surface area (TPSA) is 43.1 Å². The zero-order chi connectivity index (χ0) is 23.3. The van der Waals surface area contributed by atoms with Crippen molar-refractivity contribution in [2.75, 3.05) is 32.4 Å². The third-order valence-corrected chi connectivity index (χ3v) is 8.69. The summed E-state index contributed by atoms with van der Waals surface area (Å²) in [5, 5.41) is 0. The van der Waals surface area contributed by atoms with Crippen LogP contribution < -0.4 is 5.73 Å². The number of carbonyl (C=O) groups excluding carboxylic acids is 1. The van der Waals surface area contributed by atoms with Crippen molar-refractivity contribution in [2.45, 2.75) is 23.2 Å². The molecule has 3 aromatic rings. The van der Waals surface area contributed by atoms with Crippen molar-refractivity contribution in [1.82, 2.24) is 0 Å². The zero-order valence-electron chi connectivity index (χ0n) is 19.1.